The maximum Gasteiger partial charge on any atom is 0.252 e. The van der Waals surface area contributed by atoms with Crippen LogP contribution in [0.15, 0.2) is 24.3 Å². The van der Waals surface area contributed by atoms with E-state index >= 15 is 0 Å². The number of nitriles is 1. The third-order valence-corrected chi connectivity index (χ3v) is 2.88. The first-order chi connectivity index (χ1) is 8.58. The lowest BCUT2D eigenvalue weighted by molar-refractivity contribution is 0.0944. The van der Waals surface area contributed by atoms with E-state index in [1.165, 1.54) is 5.56 Å². The summed E-state index contributed by atoms with van der Waals surface area (Å²) >= 11 is 0. The Morgan fingerprint density at radius 2 is 1.94 bits per heavy atom. The number of carbonyl (C=O) groups excluding carboxylic acids is 1. The van der Waals surface area contributed by atoms with Crippen LogP contribution in [-0.2, 0) is 0 Å². The Bertz CT molecular complexity index is 429. The Kier molecular flexibility index (Phi) is 5.38. The first-order valence-corrected chi connectivity index (χ1v) is 6.39. The second kappa shape index (κ2) is 6.80. The first-order valence-electron chi connectivity index (χ1n) is 6.39. The molecule has 0 saturated heterocycles. The SMILES string of the molecule is CCCC(C#N)NC(=O)c1ccc(C(C)C)cc1. The van der Waals surface area contributed by atoms with E-state index < -0.39 is 6.04 Å². The predicted octanol–water partition coefficient (Wildman–Crippen LogP) is 3.23. The van der Waals surface area contributed by atoms with Crippen LogP contribution in [-0.4, -0.2) is 11.9 Å². The number of hydrogen-bond donors (Lipinski definition) is 1. The van der Waals surface area contributed by atoms with E-state index in [2.05, 4.69) is 25.2 Å². The van der Waals surface area contributed by atoms with Crippen LogP contribution < -0.4 is 5.32 Å². The van der Waals surface area contributed by atoms with Crippen LogP contribution in [0, 0.1) is 11.3 Å². The average Bonchev–Trinajstić information content (AvgIpc) is 2.38. The molecule has 18 heavy (non-hydrogen) atoms. The third kappa shape index (κ3) is 3.89. The number of rotatable bonds is 5. The number of nitrogens with one attached hydrogen (secondary N) is 1. The van der Waals surface area contributed by atoms with Gasteiger partial charge in [-0.3, -0.25) is 4.79 Å². The molecule has 1 N–H and O–H groups in total. The van der Waals surface area contributed by atoms with Crippen LogP contribution in [0.25, 0.3) is 0 Å². The molecule has 1 rings (SSSR count). The molecule has 3 heteroatoms. The minimum Gasteiger partial charge on any atom is -0.336 e. The molecule has 1 aromatic rings. The van der Waals surface area contributed by atoms with E-state index in [0.29, 0.717) is 17.9 Å². The van der Waals surface area contributed by atoms with Gasteiger partial charge in [-0.15, -0.1) is 0 Å². The van der Waals surface area contributed by atoms with Crippen molar-refractivity contribution >= 4 is 5.91 Å². The zero-order valence-electron chi connectivity index (χ0n) is 11.2. The summed E-state index contributed by atoms with van der Waals surface area (Å²) in [5.74, 6) is 0.277. The summed E-state index contributed by atoms with van der Waals surface area (Å²) in [4.78, 5) is 11.9. The molecule has 0 bridgehead atoms. The molecule has 0 aliphatic heterocycles. The Morgan fingerprint density at radius 3 is 2.39 bits per heavy atom. The highest BCUT2D eigenvalue weighted by molar-refractivity contribution is 5.94. The molecule has 3 nitrogen and oxygen atoms in total. The van der Waals surface area contributed by atoms with Gasteiger partial charge in [-0.1, -0.05) is 39.3 Å². The number of hydrogen-bond acceptors (Lipinski definition) is 2. The van der Waals surface area contributed by atoms with E-state index in [0.717, 1.165) is 6.42 Å². The van der Waals surface area contributed by atoms with Crippen LogP contribution >= 0.6 is 0 Å². The fourth-order valence-electron chi connectivity index (χ4n) is 1.72. The standard InChI is InChI=1S/C15H20N2O/c1-4-5-14(10-16)17-15(18)13-8-6-12(7-9-13)11(2)3/h6-9,11,14H,4-5H2,1-3H3,(H,17,18). The molecular weight excluding hydrogens is 224 g/mol. The van der Waals surface area contributed by atoms with Crippen LogP contribution in [0.2, 0.25) is 0 Å². The van der Waals surface area contributed by atoms with Crippen molar-refractivity contribution in [2.75, 3.05) is 0 Å². The fourth-order valence-corrected chi connectivity index (χ4v) is 1.72. The summed E-state index contributed by atoms with van der Waals surface area (Å²) in [5, 5.41) is 11.6. The lowest BCUT2D eigenvalue weighted by Crippen LogP contribution is -2.33. The van der Waals surface area contributed by atoms with Gasteiger partial charge in [-0.05, 0) is 30.0 Å². The largest absolute Gasteiger partial charge is 0.336 e. The lowest BCUT2D eigenvalue weighted by atomic mass is 10.0. The van der Waals surface area contributed by atoms with E-state index in [1.54, 1.807) is 0 Å². The van der Waals surface area contributed by atoms with Crippen LogP contribution in [0.3, 0.4) is 0 Å². The highest BCUT2D eigenvalue weighted by Crippen LogP contribution is 2.14. The number of carbonyl (C=O) groups is 1. The van der Waals surface area contributed by atoms with E-state index in [9.17, 15) is 4.79 Å². The molecule has 0 aliphatic carbocycles. The lowest BCUT2D eigenvalue weighted by Gasteiger charge is -2.11. The van der Waals surface area contributed by atoms with Gasteiger partial charge in [0.25, 0.3) is 5.91 Å². The molecule has 0 aliphatic rings. The summed E-state index contributed by atoms with van der Waals surface area (Å²) in [7, 11) is 0. The fraction of sp³-hybridized carbons (Fsp3) is 0.467. The monoisotopic (exact) mass is 244 g/mol. The average molecular weight is 244 g/mol. The molecule has 0 aromatic heterocycles. The number of nitrogens with zero attached hydrogens (tertiary/aromatic N) is 1. The highest BCUT2D eigenvalue weighted by atomic mass is 16.1. The molecule has 0 heterocycles. The molecular formula is C15H20N2O. The quantitative estimate of drug-likeness (QED) is 0.864. The molecule has 1 amide bonds. The summed E-state index contributed by atoms with van der Waals surface area (Å²) < 4.78 is 0. The maximum atomic E-state index is 11.9. The number of benzene rings is 1. The second-order valence-electron chi connectivity index (χ2n) is 4.72. The van der Waals surface area contributed by atoms with Crippen LogP contribution in [0.4, 0.5) is 0 Å². The smallest absolute Gasteiger partial charge is 0.252 e. The van der Waals surface area contributed by atoms with Crippen molar-refractivity contribution in [2.24, 2.45) is 0 Å². The van der Waals surface area contributed by atoms with Gasteiger partial charge in [0.15, 0.2) is 0 Å². The van der Waals surface area contributed by atoms with Crippen LogP contribution in [0.1, 0.15) is 55.5 Å². The molecule has 96 valence electrons. The third-order valence-electron chi connectivity index (χ3n) is 2.88. The first kappa shape index (κ1) is 14.2. The van der Waals surface area contributed by atoms with Crippen molar-refractivity contribution in [3.05, 3.63) is 35.4 Å². The minimum absolute atomic E-state index is 0.176. The molecule has 0 spiro atoms. The van der Waals surface area contributed by atoms with Gasteiger partial charge in [-0.25, -0.2) is 0 Å². The molecule has 1 atom stereocenters. The zero-order valence-corrected chi connectivity index (χ0v) is 11.2. The second-order valence-corrected chi connectivity index (χ2v) is 4.72. The van der Waals surface area contributed by atoms with Crippen molar-refractivity contribution in [3.8, 4) is 6.07 Å². The summed E-state index contributed by atoms with van der Waals surface area (Å²) in [6, 6.07) is 9.24. The zero-order chi connectivity index (χ0) is 13.5. The van der Waals surface area contributed by atoms with Crippen molar-refractivity contribution < 1.29 is 4.79 Å². The van der Waals surface area contributed by atoms with Crippen molar-refractivity contribution in [3.63, 3.8) is 0 Å². The molecule has 0 radical (unpaired) electrons. The Balaban J connectivity index is 2.70. The summed E-state index contributed by atoms with van der Waals surface area (Å²) in [6.07, 6.45) is 1.57. The summed E-state index contributed by atoms with van der Waals surface area (Å²) in [5.41, 5.74) is 1.81. The van der Waals surface area contributed by atoms with Crippen molar-refractivity contribution in [1.29, 1.82) is 5.26 Å². The summed E-state index contributed by atoms with van der Waals surface area (Å²) in [6.45, 7) is 6.22. The normalized spacial score (nSPS) is 11.9. The number of amides is 1. The van der Waals surface area contributed by atoms with Crippen molar-refractivity contribution in [2.45, 2.75) is 45.6 Å². The highest BCUT2D eigenvalue weighted by Gasteiger charge is 2.12. The molecule has 0 saturated carbocycles. The van der Waals surface area contributed by atoms with Gasteiger partial charge in [0.1, 0.15) is 6.04 Å². The molecule has 1 aromatic carbocycles. The van der Waals surface area contributed by atoms with E-state index in [1.807, 2.05) is 31.2 Å². The Labute approximate surface area is 109 Å². The van der Waals surface area contributed by atoms with Gasteiger partial charge in [0.05, 0.1) is 6.07 Å². The maximum absolute atomic E-state index is 11.9. The molecule has 1 unspecified atom stereocenters. The molecule has 0 fully saturated rings. The van der Waals surface area contributed by atoms with E-state index in [4.69, 9.17) is 5.26 Å². The Morgan fingerprint density at radius 1 is 1.33 bits per heavy atom. The van der Waals surface area contributed by atoms with Gasteiger partial charge < -0.3 is 5.32 Å². The van der Waals surface area contributed by atoms with Gasteiger partial charge in [0.2, 0.25) is 0 Å². The van der Waals surface area contributed by atoms with Crippen molar-refractivity contribution in [1.82, 2.24) is 5.32 Å². The Hall–Kier alpha value is -1.82. The van der Waals surface area contributed by atoms with Gasteiger partial charge >= 0.3 is 0 Å². The van der Waals surface area contributed by atoms with E-state index in [-0.39, 0.29) is 5.91 Å². The van der Waals surface area contributed by atoms with Crippen LogP contribution in [0.5, 0.6) is 0 Å². The predicted molar refractivity (Wildman–Crippen MR) is 72.3 cm³/mol. The minimum atomic E-state index is -0.396. The van der Waals surface area contributed by atoms with Gasteiger partial charge in [-0.2, -0.15) is 5.26 Å². The van der Waals surface area contributed by atoms with Gasteiger partial charge in [0, 0.05) is 5.56 Å². The topological polar surface area (TPSA) is 52.9 Å².